The molecule has 0 unspecified atom stereocenters. The van der Waals surface area contributed by atoms with Gasteiger partial charge in [0.1, 0.15) is 5.00 Å². The van der Waals surface area contributed by atoms with E-state index in [0.29, 0.717) is 32.1 Å². The molecule has 142 valence electrons. The fourth-order valence-corrected chi connectivity index (χ4v) is 4.49. The van der Waals surface area contributed by atoms with E-state index in [1.807, 2.05) is 0 Å². The summed E-state index contributed by atoms with van der Waals surface area (Å²) in [6.45, 7) is 3.16. The van der Waals surface area contributed by atoms with Crippen LogP contribution in [0.5, 0.6) is 0 Å². The Morgan fingerprint density at radius 3 is 1.86 bits per heavy atom. The van der Waals surface area contributed by atoms with Crippen molar-refractivity contribution in [2.24, 2.45) is 0 Å². The largest absolute Gasteiger partial charge is 0.313 e. The van der Waals surface area contributed by atoms with Gasteiger partial charge in [-0.1, -0.05) is 31.9 Å². The summed E-state index contributed by atoms with van der Waals surface area (Å²) in [5, 5.41) is 3.18. The lowest BCUT2D eigenvalue weighted by molar-refractivity contribution is 0.101. The van der Waals surface area contributed by atoms with Crippen molar-refractivity contribution in [2.75, 3.05) is 5.32 Å². The first-order chi connectivity index (χ1) is 13.3. The van der Waals surface area contributed by atoms with E-state index >= 15 is 0 Å². The van der Waals surface area contributed by atoms with Crippen molar-refractivity contribution in [1.29, 1.82) is 0 Å². The minimum Gasteiger partial charge on any atom is -0.313 e. The topological polar surface area (TPSA) is 63.2 Å². The second kappa shape index (κ2) is 8.51. The van der Waals surface area contributed by atoms with E-state index in [1.54, 1.807) is 55.5 Å². The molecule has 1 heterocycles. The molecule has 3 rings (SSSR count). The highest BCUT2D eigenvalue weighted by atomic mass is 79.9. The summed E-state index contributed by atoms with van der Waals surface area (Å²) < 4.78 is 1.74. The lowest BCUT2D eigenvalue weighted by atomic mass is 10.0. The smallest absolute Gasteiger partial charge is 0.256 e. The Hall–Kier alpha value is -2.09. The number of anilines is 1. The third kappa shape index (κ3) is 4.32. The van der Waals surface area contributed by atoms with Crippen molar-refractivity contribution >= 4 is 65.7 Å². The fourth-order valence-electron chi connectivity index (χ4n) is 2.75. The Balaban J connectivity index is 1.97. The Kier molecular flexibility index (Phi) is 6.27. The van der Waals surface area contributed by atoms with Crippen LogP contribution in [0, 0.1) is 6.92 Å². The van der Waals surface area contributed by atoms with E-state index in [0.717, 1.165) is 20.3 Å². The van der Waals surface area contributed by atoms with Crippen molar-refractivity contribution < 1.29 is 14.4 Å². The molecule has 0 aliphatic carbocycles. The minimum atomic E-state index is -0.334. The van der Waals surface area contributed by atoms with E-state index in [2.05, 4.69) is 37.2 Å². The number of carbonyl (C=O) groups is 3. The van der Waals surface area contributed by atoms with Gasteiger partial charge in [-0.05, 0) is 67.9 Å². The molecule has 7 heteroatoms. The average Bonchev–Trinajstić information content (AvgIpc) is 2.98. The standard InChI is InChI=1S/C21H15Br2NO3S/c1-11-17(12(2)25)21(24-20(27)14-5-9-16(23)10-6-14)28-19(11)18(26)13-3-7-15(22)8-4-13/h3-10H,1-2H3,(H,24,27). The van der Waals surface area contributed by atoms with E-state index < -0.39 is 0 Å². The first-order valence-electron chi connectivity index (χ1n) is 8.29. The highest BCUT2D eigenvalue weighted by Gasteiger charge is 2.24. The molecule has 0 atom stereocenters. The van der Waals surface area contributed by atoms with Gasteiger partial charge in [0.2, 0.25) is 5.78 Å². The van der Waals surface area contributed by atoms with Gasteiger partial charge in [-0.2, -0.15) is 0 Å². The van der Waals surface area contributed by atoms with Gasteiger partial charge < -0.3 is 5.32 Å². The number of halogens is 2. The van der Waals surface area contributed by atoms with Crippen LogP contribution < -0.4 is 5.32 Å². The number of ketones is 2. The van der Waals surface area contributed by atoms with Crippen molar-refractivity contribution in [2.45, 2.75) is 13.8 Å². The maximum atomic E-state index is 12.9. The number of rotatable bonds is 5. The number of amides is 1. The number of nitrogens with one attached hydrogen (secondary N) is 1. The molecule has 2 aromatic carbocycles. The fraction of sp³-hybridized carbons (Fsp3) is 0.0952. The van der Waals surface area contributed by atoms with Gasteiger partial charge in [-0.25, -0.2) is 0 Å². The van der Waals surface area contributed by atoms with Gasteiger partial charge in [0.25, 0.3) is 5.91 Å². The third-order valence-electron chi connectivity index (χ3n) is 4.14. The molecule has 0 radical (unpaired) electrons. The van der Waals surface area contributed by atoms with Crippen molar-refractivity contribution in [3.05, 3.63) is 84.6 Å². The van der Waals surface area contributed by atoms with Crippen LogP contribution in [0.25, 0.3) is 0 Å². The van der Waals surface area contributed by atoms with Crippen LogP contribution in [-0.4, -0.2) is 17.5 Å². The summed E-state index contributed by atoms with van der Waals surface area (Å²) in [6.07, 6.45) is 0. The minimum absolute atomic E-state index is 0.179. The lowest BCUT2D eigenvalue weighted by Crippen LogP contribution is -2.12. The molecule has 0 aliphatic rings. The summed E-state index contributed by atoms with van der Waals surface area (Å²) in [7, 11) is 0. The third-order valence-corrected chi connectivity index (χ3v) is 6.41. The molecule has 28 heavy (non-hydrogen) atoms. The summed E-state index contributed by atoms with van der Waals surface area (Å²) in [6, 6.07) is 13.9. The Bertz CT molecular complexity index is 1070. The first-order valence-corrected chi connectivity index (χ1v) is 10.7. The normalized spacial score (nSPS) is 10.6. The zero-order chi connectivity index (χ0) is 20.4. The predicted octanol–water partition coefficient (Wildman–Crippen LogP) is 6.27. The summed E-state index contributed by atoms with van der Waals surface area (Å²) in [5.74, 6) is -0.713. The maximum Gasteiger partial charge on any atom is 0.256 e. The molecular weight excluding hydrogens is 506 g/mol. The van der Waals surface area contributed by atoms with E-state index in [-0.39, 0.29) is 17.5 Å². The second-order valence-corrected chi connectivity index (χ2v) is 8.97. The number of hydrogen-bond donors (Lipinski definition) is 1. The SMILES string of the molecule is CC(=O)c1c(NC(=O)c2ccc(Br)cc2)sc(C(=O)c2ccc(Br)cc2)c1C. The molecule has 3 aromatic rings. The van der Waals surface area contributed by atoms with Crippen LogP contribution in [-0.2, 0) is 0 Å². The number of carbonyl (C=O) groups excluding carboxylic acids is 3. The molecule has 0 aliphatic heterocycles. The van der Waals surface area contributed by atoms with Crippen molar-refractivity contribution in [1.82, 2.24) is 0 Å². The molecule has 0 bridgehead atoms. The van der Waals surface area contributed by atoms with Gasteiger partial charge in [0.05, 0.1) is 10.4 Å². The monoisotopic (exact) mass is 519 g/mol. The van der Waals surface area contributed by atoms with Crippen LogP contribution in [0.3, 0.4) is 0 Å². The van der Waals surface area contributed by atoms with Crippen LogP contribution in [0.2, 0.25) is 0 Å². The zero-order valence-corrected chi connectivity index (χ0v) is 19.0. The number of Topliss-reactive ketones (excluding diaryl/α,β-unsaturated/α-hetero) is 1. The highest BCUT2D eigenvalue weighted by molar-refractivity contribution is 9.10. The Labute approximate surface area is 183 Å². The number of hydrogen-bond acceptors (Lipinski definition) is 4. The number of benzene rings is 2. The van der Waals surface area contributed by atoms with Crippen LogP contribution in [0.15, 0.2) is 57.5 Å². The van der Waals surface area contributed by atoms with Gasteiger partial charge in [0, 0.05) is 20.1 Å². The molecule has 4 nitrogen and oxygen atoms in total. The molecular formula is C21H15Br2NO3S. The molecule has 0 saturated heterocycles. The Morgan fingerprint density at radius 1 is 0.857 bits per heavy atom. The molecule has 1 amide bonds. The summed E-state index contributed by atoms with van der Waals surface area (Å²) in [5.41, 5.74) is 1.94. The maximum absolute atomic E-state index is 12.9. The molecule has 0 fully saturated rings. The van der Waals surface area contributed by atoms with Crippen LogP contribution >= 0.6 is 43.2 Å². The van der Waals surface area contributed by atoms with Gasteiger partial charge in [-0.15, -0.1) is 11.3 Å². The van der Waals surface area contributed by atoms with Crippen LogP contribution in [0.4, 0.5) is 5.00 Å². The number of thiophene rings is 1. The molecule has 0 saturated carbocycles. The molecule has 0 spiro atoms. The van der Waals surface area contributed by atoms with Crippen molar-refractivity contribution in [3.8, 4) is 0 Å². The van der Waals surface area contributed by atoms with E-state index in [4.69, 9.17) is 0 Å². The average molecular weight is 521 g/mol. The van der Waals surface area contributed by atoms with E-state index in [9.17, 15) is 14.4 Å². The molecule has 1 N–H and O–H groups in total. The highest BCUT2D eigenvalue weighted by Crippen LogP contribution is 2.35. The predicted molar refractivity (Wildman–Crippen MR) is 119 cm³/mol. The van der Waals surface area contributed by atoms with Gasteiger partial charge in [-0.3, -0.25) is 14.4 Å². The summed E-state index contributed by atoms with van der Waals surface area (Å²) >= 11 is 7.81. The van der Waals surface area contributed by atoms with Gasteiger partial charge >= 0.3 is 0 Å². The van der Waals surface area contributed by atoms with Gasteiger partial charge in [0.15, 0.2) is 5.78 Å². The second-order valence-electron chi connectivity index (χ2n) is 6.11. The Morgan fingerprint density at radius 2 is 1.36 bits per heavy atom. The first kappa shape index (κ1) is 20.6. The zero-order valence-electron chi connectivity index (χ0n) is 15.0. The van der Waals surface area contributed by atoms with Crippen LogP contribution in [0.1, 0.15) is 48.4 Å². The van der Waals surface area contributed by atoms with E-state index in [1.165, 1.54) is 6.92 Å². The lowest BCUT2D eigenvalue weighted by Gasteiger charge is -2.05. The molecule has 1 aromatic heterocycles. The summed E-state index contributed by atoms with van der Waals surface area (Å²) in [4.78, 5) is 38.1. The quantitative estimate of drug-likeness (QED) is 0.403. The van der Waals surface area contributed by atoms with Crippen molar-refractivity contribution in [3.63, 3.8) is 0 Å².